The number of hydrogen-bond acceptors (Lipinski definition) is 2. The summed E-state index contributed by atoms with van der Waals surface area (Å²) in [5.41, 5.74) is 1.52. The van der Waals surface area contributed by atoms with E-state index in [1.165, 1.54) is 0 Å². The van der Waals surface area contributed by atoms with E-state index in [-0.39, 0.29) is 5.78 Å². The van der Waals surface area contributed by atoms with E-state index in [2.05, 4.69) is 0 Å². The SMILES string of the molecule is C/C(=C\c1cccs1)C(=O)c1ccccc1. The fourth-order valence-electron chi connectivity index (χ4n) is 1.47. The Hall–Kier alpha value is -1.67. The Morgan fingerprint density at radius 1 is 1.12 bits per heavy atom. The van der Waals surface area contributed by atoms with E-state index in [1.54, 1.807) is 11.3 Å². The van der Waals surface area contributed by atoms with Gasteiger partial charge in [0.2, 0.25) is 0 Å². The van der Waals surface area contributed by atoms with Crippen LogP contribution in [0.15, 0.2) is 53.4 Å². The Morgan fingerprint density at radius 2 is 1.88 bits per heavy atom. The molecule has 0 bridgehead atoms. The van der Waals surface area contributed by atoms with Crippen LogP contribution in [0.25, 0.3) is 6.08 Å². The Bertz CT molecular complexity index is 495. The molecule has 0 saturated carbocycles. The van der Waals surface area contributed by atoms with Crippen LogP contribution in [0, 0.1) is 0 Å². The van der Waals surface area contributed by atoms with Crippen molar-refractivity contribution in [1.82, 2.24) is 0 Å². The Labute approximate surface area is 99.1 Å². The van der Waals surface area contributed by atoms with Gasteiger partial charge in [-0.2, -0.15) is 0 Å². The quantitative estimate of drug-likeness (QED) is 0.572. The lowest BCUT2D eigenvalue weighted by Crippen LogP contribution is -1.99. The monoisotopic (exact) mass is 228 g/mol. The van der Waals surface area contributed by atoms with Crippen molar-refractivity contribution in [2.75, 3.05) is 0 Å². The summed E-state index contributed by atoms with van der Waals surface area (Å²) in [5, 5.41) is 2.01. The number of benzene rings is 1. The van der Waals surface area contributed by atoms with Gasteiger partial charge in [0.15, 0.2) is 5.78 Å². The van der Waals surface area contributed by atoms with Gasteiger partial charge in [-0.05, 0) is 30.0 Å². The van der Waals surface area contributed by atoms with Crippen molar-refractivity contribution in [3.63, 3.8) is 0 Å². The number of rotatable bonds is 3. The summed E-state index contributed by atoms with van der Waals surface area (Å²) in [4.78, 5) is 13.1. The average Bonchev–Trinajstić information content (AvgIpc) is 2.82. The molecule has 1 heterocycles. The second-order valence-corrected chi connectivity index (χ2v) is 4.52. The second kappa shape index (κ2) is 4.90. The van der Waals surface area contributed by atoms with Crippen molar-refractivity contribution in [3.8, 4) is 0 Å². The number of Topliss-reactive ketones (excluding diaryl/α,β-unsaturated/α-hetero) is 1. The van der Waals surface area contributed by atoms with Gasteiger partial charge in [-0.25, -0.2) is 0 Å². The fourth-order valence-corrected chi connectivity index (χ4v) is 2.19. The molecular weight excluding hydrogens is 216 g/mol. The molecule has 2 aromatic rings. The van der Waals surface area contributed by atoms with Crippen molar-refractivity contribution in [1.29, 1.82) is 0 Å². The number of thiophene rings is 1. The van der Waals surface area contributed by atoms with E-state index < -0.39 is 0 Å². The van der Waals surface area contributed by atoms with Crippen molar-refractivity contribution >= 4 is 23.2 Å². The highest BCUT2D eigenvalue weighted by Gasteiger charge is 2.06. The van der Waals surface area contributed by atoms with Crippen LogP contribution in [0.2, 0.25) is 0 Å². The smallest absolute Gasteiger partial charge is 0.188 e. The highest BCUT2D eigenvalue weighted by molar-refractivity contribution is 7.10. The van der Waals surface area contributed by atoms with Gasteiger partial charge in [-0.1, -0.05) is 36.4 Å². The maximum absolute atomic E-state index is 12.0. The Balaban J connectivity index is 2.23. The molecule has 0 saturated heterocycles. The van der Waals surface area contributed by atoms with Gasteiger partial charge in [-0.15, -0.1) is 11.3 Å². The standard InChI is InChI=1S/C14H12OS/c1-11(10-13-8-5-9-16-13)14(15)12-6-3-2-4-7-12/h2-10H,1H3/b11-10+. The van der Waals surface area contributed by atoms with Crippen LogP contribution in [-0.4, -0.2) is 5.78 Å². The molecule has 1 nitrogen and oxygen atoms in total. The predicted octanol–water partition coefficient (Wildman–Crippen LogP) is 4.03. The number of allylic oxidation sites excluding steroid dienone is 1. The third-order valence-electron chi connectivity index (χ3n) is 2.30. The highest BCUT2D eigenvalue weighted by atomic mass is 32.1. The molecule has 1 aromatic carbocycles. The lowest BCUT2D eigenvalue weighted by atomic mass is 10.0. The summed E-state index contributed by atoms with van der Waals surface area (Å²) in [6.07, 6.45) is 1.93. The summed E-state index contributed by atoms with van der Waals surface area (Å²) in [6.45, 7) is 1.86. The van der Waals surface area contributed by atoms with E-state index in [1.807, 2.05) is 60.8 Å². The number of carbonyl (C=O) groups excluding carboxylic acids is 1. The number of hydrogen-bond donors (Lipinski definition) is 0. The van der Waals surface area contributed by atoms with Crippen molar-refractivity contribution in [2.24, 2.45) is 0 Å². The minimum Gasteiger partial charge on any atom is -0.289 e. The number of carbonyl (C=O) groups is 1. The first-order valence-electron chi connectivity index (χ1n) is 5.09. The molecule has 0 fully saturated rings. The molecule has 0 aliphatic rings. The summed E-state index contributed by atoms with van der Waals surface area (Å²) < 4.78 is 0. The van der Waals surface area contributed by atoms with Gasteiger partial charge in [-0.3, -0.25) is 4.79 Å². The first kappa shape index (κ1) is 10.8. The second-order valence-electron chi connectivity index (χ2n) is 3.54. The zero-order valence-electron chi connectivity index (χ0n) is 9.01. The highest BCUT2D eigenvalue weighted by Crippen LogP contribution is 2.16. The molecule has 2 rings (SSSR count). The first-order chi connectivity index (χ1) is 7.77. The lowest BCUT2D eigenvalue weighted by molar-refractivity contribution is 0.103. The van der Waals surface area contributed by atoms with Crippen LogP contribution in [0.4, 0.5) is 0 Å². The molecule has 0 unspecified atom stereocenters. The molecule has 0 amide bonds. The minimum absolute atomic E-state index is 0.0917. The summed E-state index contributed by atoms with van der Waals surface area (Å²) >= 11 is 1.64. The zero-order chi connectivity index (χ0) is 11.4. The maximum Gasteiger partial charge on any atom is 0.188 e. The van der Waals surface area contributed by atoms with Gasteiger partial charge < -0.3 is 0 Å². The molecule has 80 valence electrons. The summed E-state index contributed by atoms with van der Waals surface area (Å²) in [7, 11) is 0. The summed E-state index contributed by atoms with van der Waals surface area (Å²) in [5.74, 6) is 0.0917. The van der Waals surface area contributed by atoms with Gasteiger partial charge in [0.05, 0.1) is 0 Å². The first-order valence-corrected chi connectivity index (χ1v) is 5.97. The van der Waals surface area contributed by atoms with Gasteiger partial charge in [0, 0.05) is 10.4 Å². The maximum atomic E-state index is 12.0. The third kappa shape index (κ3) is 2.47. The van der Waals surface area contributed by atoms with Gasteiger partial charge >= 0.3 is 0 Å². The van der Waals surface area contributed by atoms with Crippen LogP contribution >= 0.6 is 11.3 Å². The van der Waals surface area contributed by atoms with Crippen LogP contribution in [0.3, 0.4) is 0 Å². The zero-order valence-corrected chi connectivity index (χ0v) is 9.83. The van der Waals surface area contributed by atoms with Crippen molar-refractivity contribution in [2.45, 2.75) is 6.92 Å². The van der Waals surface area contributed by atoms with Gasteiger partial charge in [0.25, 0.3) is 0 Å². The molecule has 0 spiro atoms. The minimum atomic E-state index is 0.0917. The van der Waals surface area contributed by atoms with E-state index >= 15 is 0 Å². The van der Waals surface area contributed by atoms with Crippen molar-refractivity contribution < 1.29 is 4.79 Å². The topological polar surface area (TPSA) is 17.1 Å². The molecule has 0 aliphatic heterocycles. The average molecular weight is 228 g/mol. The lowest BCUT2D eigenvalue weighted by Gasteiger charge is -1.99. The molecule has 0 radical (unpaired) electrons. The molecular formula is C14H12OS. The van der Waals surface area contributed by atoms with E-state index in [0.717, 1.165) is 16.0 Å². The molecule has 1 aromatic heterocycles. The Kier molecular flexibility index (Phi) is 3.32. The van der Waals surface area contributed by atoms with Crippen molar-refractivity contribution in [3.05, 3.63) is 63.9 Å². The van der Waals surface area contributed by atoms with E-state index in [9.17, 15) is 4.79 Å². The van der Waals surface area contributed by atoms with Gasteiger partial charge in [0.1, 0.15) is 0 Å². The van der Waals surface area contributed by atoms with Crippen LogP contribution in [0.1, 0.15) is 22.2 Å². The molecule has 0 atom stereocenters. The largest absolute Gasteiger partial charge is 0.289 e. The normalized spacial score (nSPS) is 11.4. The summed E-state index contributed by atoms with van der Waals surface area (Å²) in [6, 6.07) is 13.3. The van der Waals surface area contributed by atoms with Crippen LogP contribution < -0.4 is 0 Å². The number of ketones is 1. The molecule has 0 N–H and O–H groups in total. The molecule has 16 heavy (non-hydrogen) atoms. The van der Waals surface area contributed by atoms with Crippen LogP contribution in [0.5, 0.6) is 0 Å². The van der Waals surface area contributed by atoms with E-state index in [4.69, 9.17) is 0 Å². The fraction of sp³-hybridized carbons (Fsp3) is 0.0714. The molecule has 0 aliphatic carbocycles. The molecule has 2 heteroatoms. The third-order valence-corrected chi connectivity index (χ3v) is 3.12. The van der Waals surface area contributed by atoms with Crippen LogP contribution in [-0.2, 0) is 0 Å². The predicted molar refractivity (Wildman–Crippen MR) is 68.7 cm³/mol. The van der Waals surface area contributed by atoms with E-state index in [0.29, 0.717) is 0 Å². The Morgan fingerprint density at radius 3 is 2.50 bits per heavy atom.